The number of nitrogens with zero attached hydrogens (tertiary/aromatic N) is 1. The lowest BCUT2D eigenvalue weighted by atomic mass is 10.3. The van der Waals surface area contributed by atoms with Gasteiger partial charge in [-0.25, -0.2) is 0 Å². The van der Waals surface area contributed by atoms with E-state index in [1.165, 1.54) is 0 Å². The molecule has 0 aliphatic rings. The fraction of sp³-hybridized carbons (Fsp3) is 1.00. The first kappa shape index (κ1) is 17.8. The van der Waals surface area contributed by atoms with Crippen LogP contribution in [0, 0.1) is 0 Å². The molecule has 0 aliphatic heterocycles. The first-order valence-corrected chi connectivity index (χ1v) is 6.97. The third kappa shape index (κ3) is 9.79. The zero-order valence-electron chi connectivity index (χ0n) is 12.2. The summed E-state index contributed by atoms with van der Waals surface area (Å²) in [7, 11) is 0. The molecule has 0 aromatic rings. The summed E-state index contributed by atoms with van der Waals surface area (Å²) in [6.07, 6.45) is 0.0956. The van der Waals surface area contributed by atoms with Crippen molar-refractivity contribution >= 4 is 0 Å². The molecule has 0 amide bonds. The van der Waals surface area contributed by atoms with E-state index in [4.69, 9.17) is 19.9 Å². The molecule has 0 aromatic heterocycles. The van der Waals surface area contributed by atoms with E-state index in [1.54, 1.807) is 0 Å². The number of ether oxygens (including phenoxy) is 3. The van der Waals surface area contributed by atoms with Crippen molar-refractivity contribution in [2.24, 2.45) is 5.73 Å². The van der Waals surface area contributed by atoms with Gasteiger partial charge in [0, 0.05) is 46.0 Å². The van der Waals surface area contributed by atoms with Crippen LogP contribution in [0.4, 0.5) is 0 Å². The molecule has 0 saturated carbocycles. The largest absolute Gasteiger partial charge is 0.380 e. The quantitative estimate of drug-likeness (QED) is 0.496. The monoisotopic (exact) mass is 262 g/mol. The summed E-state index contributed by atoms with van der Waals surface area (Å²) in [6, 6.07) is 0. The zero-order chi connectivity index (χ0) is 13.6. The molecule has 0 radical (unpaired) electrons. The topological polar surface area (TPSA) is 57.0 Å². The van der Waals surface area contributed by atoms with Gasteiger partial charge in [-0.05, 0) is 20.8 Å². The molecule has 18 heavy (non-hydrogen) atoms. The van der Waals surface area contributed by atoms with Crippen molar-refractivity contribution < 1.29 is 14.2 Å². The van der Waals surface area contributed by atoms with Gasteiger partial charge in [-0.15, -0.1) is 0 Å². The maximum Gasteiger partial charge on any atom is 0.0823 e. The maximum atomic E-state index is 5.70. The molecule has 0 rings (SSSR count). The SMILES string of the molecule is CCOCCN(CCOCC)CC(CN)OCC. The van der Waals surface area contributed by atoms with Crippen LogP contribution in [-0.4, -0.2) is 70.2 Å². The lowest BCUT2D eigenvalue weighted by Gasteiger charge is -2.26. The summed E-state index contributed by atoms with van der Waals surface area (Å²) in [4.78, 5) is 2.29. The third-order valence-electron chi connectivity index (χ3n) is 2.64. The normalized spacial score (nSPS) is 13.2. The fourth-order valence-corrected chi connectivity index (χ4v) is 1.69. The van der Waals surface area contributed by atoms with Crippen LogP contribution in [0.5, 0.6) is 0 Å². The molecular weight excluding hydrogens is 232 g/mol. The van der Waals surface area contributed by atoms with E-state index in [1.807, 2.05) is 20.8 Å². The van der Waals surface area contributed by atoms with Crippen molar-refractivity contribution in [2.45, 2.75) is 26.9 Å². The maximum absolute atomic E-state index is 5.70. The van der Waals surface area contributed by atoms with Gasteiger partial charge in [0.25, 0.3) is 0 Å². The molecule has 2 N–H and O–H groups in total. The Hall–Kier alpha value is -0.200. The zero-order valence-corrected chi connectivity index (χ0v) is 12.2. The standard InChI is InChI=1S/C13H30N2O3/c1-4-16-9-7-15(8-10-17-5-2)12-13(11-14)18-6-3/h13H,4-12,14H2,1-3H3. The van der Waals surface area contributed by atoms with Crippen LogP contribution in [0.1, 0.15) is 20.8 Å². The molecule has 0 spiro atoms. The van der Waals surface area contributed by atoms with Gasteiger partial charge in [0.1, 0.15) is 0 Å². The summed E-state index contributed by atoms with van der Waals surface area (Å²) in [6.45, 7) is 12.9. The minimum atomic E-state index is 0.0956. The molecule has 0 heterocycles. The van der Waals surface area contributed by atoms with Gasteiger partial charge < -0.3 is 19.9 Å². The summed E-state index contributed by atoms with van der Waals surface area (Å²) in [5, 5.41) is 0. The van der Waals surface area contributed by atoms with Gasteiger partial charge in [0.2, 0.25) is 0 Å². The lowest BCUT2D eigenvalue weighted by molar-refractivity contribution is 0.0194. The van der Waals surface area contributed by atoms with Crippen molar-refractivity contribution in [3.63, 3.8) is 0 Å². The number of hydrogen-bond acceptors (Lipinski definition) is 5. The molecule has 110 valence electrons. The Bertz CT molecular complexity index is 160. The second kappa shape index (κ2) is 13.2. The van der Waals surface area contributed by atoms with Gasteiger partial charge in [0.05, 0.1) is 19.3 Å². The highest BCUT2D eigenvalue weighted by Crippen LogP contribution is 1.97. The Morgan fingerprint density at radius 3 is 1.89 bits per heavy atom. The Balaban J connectivity index is 3.99. The molecule has 0 bridgehead atoms. The average molecular weight is 262 g/mol. The summed E-state index contributed by atoms with van der Waals surface area (Å²) in [5.74, 6) is 0. The van der Waals surface area contributed by atoms with Crippen molar-refractivity contribution in [1.82, 2.24) is 4.90 Å². The first-order valence-electron chi connectivity index (χ1n) is 6.97. The molecule has 5 heteroatoms. The highest BCUT2D eigenvalue weighted by Gasteiger charge is 2.12. The van der Waals surface area contributed by atoms with Gasteiger partial charge in [-0.3, -0.25) is 4.90 Å². The van der Waals surface area contributed by atoms with Crippen LogP contribution in [0.3, 0.4) is 0 Å². The van der Waals surface area contributed by atoms with Crippen molar-refractivity contribution in [3.8, 4) is 0 Å². The summed E-state index contributed by atoms with van der Waals surface area (Å²) >= 11 is 0. The molecule has 1 atom stereocenters. The predicted molar refractivity (Wildman–Crippen MR) is 73.9 cm³/mol. The van der Waals surface area contributed by atoms with Crippen LogP contribution < -0.4 is 5.73 Å². The highest BCUT2D eigenvalue weighted by atomic mass is 16.5. The molecule has 1 unspecified atom stereocenters. The fourth-order valence-electron chi connectivity index (χ4n) is 1.69. The van der Waals surface area contributed by atoms with Crippen LogP contribution in [0.2, 0.25) is 0 Å². The first-order chi connectivity index (χ1) is 8.78. The van der Waals surface area contributed by atoms with Crippen LogP contribution in [0.15, 0.2) is 0 Å². The lowest BCUT2D eigenvalue weighted by Crippen LogP contribution is -2.41. The minimum absolute atomic E-state index is 0.0956. The molecular formula is C13H30N2O3. The van der Waals surface area contributed by atoms with Gasteiger partial charge in [-0.1, -0.05) is 0 Å². The van der Waals surface area contributed by atoms with E-state index in [-0.39, 0.29) is 6.10 Å². The smallest absolute Gasteiger partial charge is 0.0823 e. The Labute approximate surface area is 112 Å². The molecule has 0 fully saturated rings. The number of nitrogens with two attached hydrogens (primary N) is 1. The van der Waals surface area contributed by atoms with E-state index in [2.05, 4.69) is 4.90 Å². The summed E-state index contributed by atoms with van der Waals surface area (Å²) in [5.41, 5.74) is 5.70. The van der Waals surface area contributed by atoms with E-state index < -0.39 is 0 Å². The van der Waals surface area contributed by atoms with Crippen LogP contribution in [-0.2, 0) is 14.2 Å². The number of hydrogen-bond donors (Lipinski definition) is 1. The van der Waals surface area contributed by atoms with Gasteiger partial charge in [0.15, 0.2) is 0 Å². The Morgan fingerprint density at radius 1 is 0.944 bits per heavy atom. The van der Waals surface area contributed by atoms with E-state index in [0.29, 0.717) is 13.2 Å². The molecule has 0 saturated heterocycles. The predicted octanol–water partition coefficient (Wildman–Crippen LogP) is 0.725. The van der Waals surface area contributed by atoms with E-state index in [0.717, 1.165) is 46.1 Å². The van der Waals surface area contributed by atoms with Crippen molar-refractivity contribution in [2.75, 3.05) is 59.2 Å². The second-order valence-corrected chi connectivity index (χ2v) is 4.01. The minimum Gasteiger partial charge on any atom is -0.380 e. The van der Waals surface area contributed by atoms with E-state index in [9.17, 15) is 0 Å². The molecule has 5 nitrogen and oxygen atoms in total. The second-order valence-electron chi connectivity index (χ2n) is 4.01. The Morgan fingerprint density at radius 2 is 1.50 bits per heavy atom. The third-order valence-corrected chi connectivity index (χ3v) is 2.64. The van der Waals surface area contributed by atoms with Gasteiger partial charge in [-0.2, -0.15) is 0 Å². The number of rotatable bonds is 13. The molecule has 0 aliphatic carbocycles. The highest BCUT2D eigenvalue weighted by molar-refractivity contribution is 4.67. The Kier molecular flexibility index (Phi) is 13.1. The van der Waals surface area contributed by atoms with Crippen molar-refractivity contribution in [1.29, 1.82) is 0 Å². The van der Waals surface area contributed by atoms with E-state index >= 15 is 0 Å². The van der Waals surface area contributed by atoms with Crippen molar-refractivity contribution in [3.05, 3.63) is 0 Å². The van der Waals surface area contributed by atoms with Crippen LogP contribution >= 0.6 is 0 Å². The average Bonchev–Trinajstić information content (AvgIpc) is 2.38. The molecule has 0 aromatic carbocycles. The summed E-state index contributed by atoms with van der Waals surface area (Å²) < 4.78 is 16.4. The van der Waals surface area contributed by atoms with Gasteiger partial charge >= 0.3 is 0 Å². The van der Waals surface area contributed by atoms with Crippen LogP contribution in [0.25, 0.3) is 0 Å².